The topological polar surface area (TPSA) is 192 Å². The zero-order valence-electron chi connectivity index (χ0n) is 31.8. The number of ether oxygens (including phenoxy) is 4. The Labute approximate surface area is 315 Å². The van der Waals surface area contributed by atoms with Gasteiger partial charge in [0, 0.05) is 23.1 Å². The molecule has 3 heterocycles. The van der Waals surface area contributed by atoms with E-state index in [4.69, 9.17) is 18.9 Å². The second-order valence-electron chi connectivity index (χ2n) is 16.2. The molecule has 2 saturated carbocycles. The highest BCUT2D eigenvalue weighted by Crippen LogP contribution is 2.47. The molecule has 54 heavy (non-hydrogen) atoms. The smallest absolute Gasteiger partial charge is 0.408 e. The summed E-state index contributed by atoms with van der Waals surface area (Å²) in [5.41, 5.74) is -2.43. The first-order chi connectivity index (χ1) is 25.4. The Morgan fingerprint density at radius 3 is 2.46 bits per heavy atom. The van der Waals surface area contributed by atoms with Gasteiger partial charge in [0.1, 0.15) is 35.1 Å². The van der Waals surface area contributed by atoms with Gasteiger partial charge in [-0.1, -0.05) is 37.3 Å². The molecule has 0 spiro atoms. The second-order valence-corrected chi connectivity index (χ2v) is 18.4. The molecule has 1 aromatic carbocycles. The molecule has 4 aliphatic rings. The average Bonchev–Trinajstić information content (AvgIpc) is 3.98. The van der Waals surface area contributed by atoms with E-state index < -0.39 is 79.7 Å². The third-order valence-electron chi connectivity index (χ3n) is 10.7. The van der Waals surface area contributed by atoms with Gasteiger partial charge in [0.25, 0.3) is 5.91 Å². The first-order valence-electron chi connectivity index (χ1n) is 18.4. The molecule has 0 radical (unpaired) electrons. The summed E-state index contributed by atoms with van der Waals surface area (Å²) in [4.78, 5) is 62.0. The van der Waals surface area contributed by atoms with Crippen LogP contribution in [0.15, 0.2) is 42.6 Å². The minimum Gasteiger partial charge on any atom is -0.494 e. The SMILES string of the molecule is COc1cnc(O[C@@H]2C[C@H]3C(=O)N[C@]4(C(=O)NS(=O)(=O)C5(C)CC5)CC4/C=C\CO[C@@H](C)C[C@@H](C)[C@H](NC(=O)OC(C)(C)C)C(=O)N3C2)c2ccccc12. The predicted octanol–water partition coefficient (Wildman–Crippen LogP) is 3.36. The number of alkyl carbamates (subject to hydrolysis) is 1. The number of carbonyl (C=O) groups excluding carboxylic acids is 4. The van der Waals surface area contributed by atoms with Gasteiger partial charge < -0.3 is 34.5 Å². The molecule has 2 aliphatic heterocycles. The van der Waals surface area contributed by atoms with E-state index in [0.717, 1.165) is 5.39 Å². The van der Waals surface area contributed by atoms with Gasteiger partial charge in [-0.2, -0.15) is 0 Å². The summed E-state index contributed by atoms with van der Waals surface area (Å²) < 4.78 is 51.0. The van der Waals surface area contributed by atoms with Gasteiger partial charge in [0.05, 0.1) is 37.3 Å². The van der Waals surface area contributed by atoms with Crippen LogP contribution in [0.25, 0.3) is 10.8 Å². The van der Waals surface area contributed by atoms with E-state index in [1.54, 1.807) is 47.0 Å². The normalized spacial score (nSPS) is 30.4. The van der Waals surface area contributed by atoms with Gasteiger partial charge in [0.2, 0.25) is 27.7 Å². The highest BCUT2D eigenvalue weighted by atomic mass is 32.2. The minimum atomic E-state index is -4.02. The van der Waals surface area contributed by atoms with E-state index in [1.165, 1.54) is 11.1 Å². The third-order valence-corrected chi connectivity index (χ3v) is 12.9. The number of carbonyl (C=O) groups is 4. The molecule has 2 aliphatic carbocycles. The number of pyridine rings is 1. The predicted molar refractivity (Wildman–Crippen MR) is 198 cm³/mol. The Hall–Kier alpha value is -4.44. The van der Waals surface area contributed by atoms with Crippen LogP contribution in [0.5, 0.6) is 11.6 Å². The van der Waals surface area contributed by atoms with E-state index in [1.807, 2.05) is 38.1 Å². The Morgan fingerprint density at radius 2 is 1.80 bits per heavy atom. The lowest BCUT2D eigenvalue weighted by molar-refractivity contribution is -0.142. The first kappa shape index (κ1) is 39.3. The van der Waals surface area contributed by atoms with Crippen LogP contribution in [-0.2, 0) is 33.9 Å². The van der Waals surface area contributed by atoms with Gasteiger partial charge in [-0.3, -0.25) is 19.1 Å². The number of rotatable bonds is 7. The second kappa shape index (κ2) is 14.7. The fourth-order valence-corrected chi connectivity index (χ4v) is 8.54. The first-order valence-corrected chi connectivity index (χ1v) is 19.9. The third kappa shape index (κ3) is 8.14. The number of nitrogens with zero attached hydrogens (tertiary/aromatic N) is 2. The van der Waals surface area contributed by atoms with Crippen LogP contribution in [0, 0.1) is 11.8 Å². The van der Waals surface area contributed by atoms with Crippen LogP contribution >= 0.6 is 0 Å². The summed E-state index contributed by atoms with van der Waals surface area (Å²) >= 11 is 0. The molecule has 1 saturated heterocycles. The number of amides is 4. The molecule has 3 fully saturated rings. The molecule has 0 bridgehead atoms. The van der Waals surface area contributed by atoms with Crippen molar-refractivity contribution in [2.24, 2.45) is 11.8 Å². The molecule has 1 aromatic heterocycles. The van der Waals surface area contributed by atoms with Crippen molar-refractivity contribution in [3.8, 4) is 11.6 Å². The zero-order chi connectivity index (χ0) is 39.2. The van der Waals surface area contributed by atoms with Gasteiger partial charge in [-0.15, -0.1) is 0 Å². The van der Waals surface area contributed by atoms with Crippen molar-refractivity contribution in [2.75, 3.05) is 20.3 Å². The molecule has 2 aromatic rings. The number of methoxy groups -OCH3 is 1. The largest absolute Gasteiger partial charge is 0.494 e. The van der Waals surface area contributed by atoms with E-state index in [0.29, 0.717) is 30.4 Å². The maximum Gasteiger partial charge on any atom is 0.408 e. The fourth-order valence-electron chi connectivity index (χ4n) is 7.22. The minimum absolute atomic E-state index is 0.0151. The summed E-state index contributed by atoms with van der Waals surface area (Å²) in [6.45, 7) is 10.5. The van der Waals surface area contributed by atoms with Crippen LogP contribution in [-0.4, -0.2) is 103 Å². The van der Waals surface area contributed by atoms with Crippen LogP contribution in [0.3, 0.4) is 0 Å². The van der Waals surface area contributed by atoms with Gasteiger partial charge in [-0.05, 0) is 72.3 Å². The van der Waals surface area contributed by atoms with Crippen molar-refractivity contribution >= 4 is 44.6 Å². The summed E-state index contributed by atoms with van der Waals surface area (Å²) in [5.74, 6) is -2.23. The van der Waals surface area contributed by atoms with Crippen molar-refractivity contribution in [3.63, 3.8) is 0 Å². The standard InChI is InChI=1S/C38H51N5O10S/c1-22-17-23(2)51-16-10-11-24-19-38(24,34(46)42-54(48,49)37(6)14-15-37)41-31(44)28-18-25(21-43(28)33(45)30(22)40-35(47)53-36(3,4)5)52-32-27-13-9-8-12-26(27)29(50-7)20-39-32/h8-13,20,22-25,28,30H,14-19,21H2,1-7H3,(H,40,47)(H,41,44)(H,42,46)/b11-10-/t22-,23+,24?,25-,28+,30+,38-/m1/s1. The summed E-state index contributed by atoms with van der Waals surface area (Å²) in [6, 6.07) is 5.10. The summed E-state index contributed by atoms with van der Waals surface area (Å²) in [6.07, 6.45) is 4.52. The Bertz CT molecular complexity index is 1940. The van der Waals surface area contributed by atoms with Crippen LogP contribution < -0.4 is 24.8 Å². The Kier molecular flexibility index (Phi) is 10.7. The Balaban J connectivity index is 1.35. The maximum absolute atomic E-state index is 14.7. The van der Waals surface area contributed by atoms with Crippen LogP contribution in [0.1, 0.15) is 73.6 Å². The average molecular weight is 770 g/mol. The van der Waals surface area contributed by atoms with E-state index >= 15 is 0 Å². The van der Waals surface area contributed by atoms with Crippen LogP contribution in [0.4, 0.5) is 4.79 Å². The lowest BCUT2D eigenvalue weighted by Crippen LogP contribution is -2.59. The molecular weight excluding hydrogens is 719 g/mol. The van der Waals surface area contributed by atoms with Crippen molar-refractivity contribution in [1.29, 1.82) is 0 Å². The van der Waals surface area contributed by atoms with Gasteiger partial charge >= 0.3 is 6.09 Å². The number of sulfonamides is 1. The molecule has 1 unspecified atom stereocenters. The van der Waals surface area contributed by atoms with Gasteiger partial charge in [0.15, 0.2) is 0 Å². The number of nitrogens with one attached hydrogen (secondary N) is 3. The summed E-state index contributed by atoms with van der Waals surface area (Å²) in [7, 11) is -2.48. The van der Waals surface area contributed by atoms with Gasteiger partial charge in [-0.25, -0.2) is 18.2 Å². The van der Waals surface area contributed by atoms with E-state index in [-0.39, 0.29) is 38.0 Å². The molecule has 294 valence electrons. The number of aromatic nitrogens is 1. The fraction of sp³-hybridized carbons (Fsp3) is 0.605. The van der Waals surface area contributed by atoms with Crippen LogP contribution in [0.2, 0.25) is 0 Å². The highest BCUT2D eigenvalue weighted by Gasteiger charge is 2.63. The molecule has 4 amide bonds. The maximum atomic E-state index is 14.7. The molecule has 6 rings (SSSR count). The number of benzene rings is 1. The Morgan fingerprint density at radius 1 is 1.09 bits per heavy atom. The van der Waals surface area contributed by atoms with Crippen molar-refractivity contribution < 1.29 is 46.5 Å². The number of fused-ring (bicyclic) bond motifs is 3. The van der Waals surface area contributed by atoms with E-state index in [2.05, 4.69) is 20.3 Å². The zero-order valence-corrected chi connectivity index (χ0v) is 32.7. The quantitative estimate of drug-likeness (QED) is 0.350. The van der Waals surface area contributed by atoms with Crippen molar-refractivity contribution in [2.45, 2.75) is 114 Å². The van der Waals surface area contributed by atoms with E-state index in [9.17, 15) is 27.6 Å². The number of hydrogen-bond donors (Lipinski definition) is 3. The number of hydrogen-bond acceptors (Lipinski definition) is 11. The highest BCUT2D eigenvalue weighted by molar-refractivity contribution is 7.91. The molecular formula is C38H51N5O10S. The molecule has 16 heteroatoms. The molecule has 3 N–H and O–H groups in total. The lowest BCUT2D eigenvalue weighted by atomic mass is 9.94. The molecule has 15 nitrogen and oxygen atoms in total. The van der Waals surface area contributed by atoms with Crippen molar-refractivity contribution in [3.05, 3.63) is 42.6 Å². The van der Waals surface area contributed by atoms with Crippen molar-refractivity contribution in [1.82, 2.24) is 25.2 Å². The summed E-state index contributed by atoms with van der Waals surface area (Å²) in [5, 5.41) is 7.03. The monoisotopic (exact) mass is 769 g/mol. The lowest BCUT2D eigenvalue weighted by Gasteiger charge is -2.33. The molecule has 7 atom stereocenters.